The Kier molecular flexibility index (Phi) is 6.63. The van der Waals surface area contributed by atoms with Crippen LogP contribution in [-0.4, -0.2) is 32.9 Å². The summed E-state index contributed by atoms with van der Waals surface area (Å²) in [5, 5.41) is 0. The maximum absolute atomic E-state index is 12.8. The minimum absolute atomic E-state index is 0.190. The summed E-state index contributed by atoms with van der Waals surface area (Å²) in [7, 11) is -3.54. The Balaban J connectivity index is 1.74. The summed E-state index contributed by atoms with van der Waals surface area (Å²) < 4.78 is 33.8. The van der Waals surface area contributed by atoms with Gasteiger partial charge in [-0.25, -0.2) is 13.1 Å². The van der Waals surface area contributed by atoms with Crippen molar-refractivity contribution in [3.63, 3.8) is 0 Å². The van der Waals surface area contributed by atoms with E-state index in [-0.39, 0.29) is 4.75 Å². The van der Waals surface area contributed by atoms with Gasteiger partial charge in [-0.3, -0.25) is 0 Å². The van der Waals surface area contributed by atoms with Gasteiger partial charge in [-0.1, -0.05) is 44.2 Å². The van der Waals surface area contributed by atoms with Gasteiger partial charge < -0.3 is 4.74 Å². The van der Waals surface area contributed by atoms with E-state index in [4.69, 9.17) is 4.74 Å². The zero-order valence-electron chi connectivity index (χ0n) is 15.9. The van der Waals surface area contributed by atoms with Gasteiger partial charge in [0.05, 0.1) is 4.90 Å². The first kappa shape index (κ1) is 20.4. The third kappa shape index (κ3) is 5.35. The Labute approximate surface area is 166 Å². The number of hydrogen-bond acceptors (Lipinski definition) is 4. The Morgan fingerprint density at radius 2 is 1.67 bits per heavy atom. The summed E-state index contributed by atoms with van der Waals surface area (Å²) >= 11 is 1.75. The molecule has 0 bridgehead atoms. The normalized spacial score (nSPS) is 17.1. The molecule has 0 saturated carbocycles. The van der Waals surface area contributed by atoms with E-state index in [9.17, 15) is 8.42 Å². The monoisotopic (exact) mass is 405 g/mol. The molecule has 0 amide bonds. The SMILES string of the molecule is CC(C)c1ccc(S(=O)(=O)NCC2(Sc3ccccc3)CCOCC2)cc1. The van der Waals surface area contributed by atoms with E-state index >= 15 is 0 Å². The topological polar surface area (TPSA) is 55.4 Å². The van der Waals surface area contributed by atoms with Gasteiger partial charge in [-0.15, -0.1) is 11.8 Å². The minimum atomic E-state index is -3.54. The van der Waals surface area contributed by atoms with Crippen LogP contribution in [0.2, 0.25) is 0 Å². The van der Waals surface area contributed by atoms with Gasteiger partial charge in [0.2, 0.25) is 10.0 Å². The van der Waals surface area contributed by atoms with Crippen molar-refractivity contribution in [1.29, 1.82) is 0 Å². The number of sulfonamides is 1. The molecule has 2 aromatic carbocycles. The molecule has 4 nitrogen and oxygen atoms in total. The summed E-state index contributed by atoms with van der Waals surface area (Å²) in [5.74, 6) is 0.377. The van der Waals surface area contributed by atoms with Crippen molar-refractivity contribution < 1.29 is 13.2 Å². The maximum Gasteiger partial charge on any atom is 0.240 e. The van der Waals surface area contributed by atoms with Crippen LogP contribution in [0.4, 0.5) is 0 Å². The molecule has 1 aliphatic rings. The predicted octanol–water partition coefficient (Wildman–Crippen LogP) is 4.43. The largest absolute Gasteiger partial charge is 0.381 e. The first-order valence-electron chi connectivity index (χ1n) is 9.32. The molecule has 0 unspecified atom stereocenters. The van der Waals surface area contributed by atoms with Crippen LogP contribution < -0.4 is 4.72 Å². The fourth-order valence-corrected chi connectivity index (χ4v) is 5.67. The quantitative estimate of drug-likeness (QED) is 0.740. The average Bonchev–Trinajstić information content (AvgIpc) is 2.68. The number of thioether (sulfide) groups is 1. The van der Waals surface area contributed by atoms with E-state index in [0.29, 0.717) is 30.6 Å². The molecule has 1 aliphatic heterocycles. The second-order valence-corrected chi connectivity index (χ2v) is 10.6. The number of benzene rings is 2. The Morgan fingerprint density at radius 1 is 1.04 bits per heavy atom. The Bertz CT molecular complexity index is 827. The van der Waals surface area contributed by atoms with Crippen molar-refractivity contribution in [2.45, 2.75) is 47.1 Å². The van der Waals surface area contributed by atoms with Crippen LogP contribution in [0.25, 0.3) is 0 Å². The van der Waals surface area contributed by atoms with Gasteiger partial charge in [0.15, 0.2) is 0 Å². The van der Waals surface area contributed by atoms with Crippen molar-refractivity contribution in [3.8, 4) is 0 Å². The number of nitrogens with one attached hydrogen (secondary N) is 1. The van der Waals surface area contributed by atoms with E-state index in [0.717, 1.165) is 23.3 Å². The van der Waals surface area contributed by atoms with Crippen molar-refractivity contribution in [1.82, 2.24) is 4.72 Å². The molecule has 0 spiro atoms. The molecule has 0 radical (unpaired) electrons. The molecule has 0 aliphatic carbocycles. The zero-order chi connectivity index (χ0) is 19.3. The van der Waals surface area contributed by atoms with Gasteiger partial charge in [0.1, 0.15) is 0 Å². The first-order valence-corrected chi connectivity index (χ1v) is 11.6. The van der Waals surface area contributed by atoms with Crippen LogP contribution in [0.5, 0.6) is 0 Å². The number of ether oxygens (including phenoxy) is 1. The van der Waals surface area contributed by atoms with Gasteiger partial charge in [-0.2, -0.15) is 0 Å². The smallest absolute Gasteiger partial charge is 0.240 e. The first-order chi connectivity index (χ1) is 12.9. The van der Waals surface area contributed by atoms with Crippen molar-refractivity contribution in [3.05, 3.63) is 60.2 Å². The second-order valence-electron chi connectivity index (χ2n) is 7.26. The Morgan fingerprint density at radius 3 is 2.26 bits per heavy atom. The zero-order valence-corrected chi connectivity index (χ0v) is 17.5. The van der Waals surface area contributed by atoms with E-state index in [1.54, 1.807) is 23.9 Å². The van der Waals surface area contributed by atoms with Crippen molar-refractivity contribution >= 4 is 21.8 Å². The fourth-order valence-electron chi connectivity index (χ4n) is 3.14. The molecule has 0 aromatic heterocycles. The highest BCUT2D eigenvalue weighted by molar-refractivity contribution is 8.00. The molecule has 1 fully saturated rings. The fraction of sp³-hybridized carbons (Fsp3) is 0.429. The number of rotatable bonds is 7. The van der Waals surface area contributed by atoms with Gasteiger partial charge in [0.25, 0.3) is 0 Å². The molecule has 27 heavy (non-hydrogen) atoms. The third-order valence-corrected chi connectivity index (χ3v) is 7.83. The molecular weight excluding hydrogens is 378 g/mol. The average molecular weight is 406 g/mol. The number of hydrogen-bond donors (Lipinski definition) is 1. The lowest BCUT2D eigenvalue weighted by molar-refractivity contribution is 0.0784. The summed E-state index contributed by atoms with van der Waals surface area (Å²) in [6.45, 7) is 5.90. The highest BCUT2D eigenvalue weighted by atomic mass is 32.2. The summed E-state index contributed by atoms with van der Waals surface area (Å²) in [4.78, 5) is 1.47. The van der Waals surface area contributed by atoms with Gasteiger partial charge in [-0.05, 0) is 48.6 Å². The molecule has 1 saturated heterocycles. The molecule has 1 N–H and O–H groups in total. The molecule has 1 heterocycles. The van der Waals surface area contributed by atoms with Crippen LogP contribution in [0.15, 0.2) is 64.4 Å². The van der Waals surface area contributed by atoms with Crippen molar-refractivity contribution in [2.24, 2.45) is 0 Å². The molecular formula is C21H27NO3S2. The third-order valence-electron chi connectivity index (χ3n) is 4.92. The lowest BCUT2D eigenvalue weighted by Crippen LogP contribution is -2.44. The summed E-state index contributed by atoms with van der Waals surface area (Å²) in [6.07, 6.45) is 1.64. The van der Waals surface area contributed by atoms with E-state index in [1.165, 1.54) is 0 Å². The molecule has 3 rings (SSSR count). The van der Waals surface area contributed by atoms with E-state index in [2.05, 4.69) is 30.7 Å². The summed E-state index contributed by atoms with van der Waals surface area (Å²) in [5.41, 5.74) is 1.13. The standard InChI is InChI=1S/C21H27NO3S2/c1-17(2)18-8-10-20(11-9-18)27(23,24)22-16-21(12-14-25-15-13-21)26-19-6-4-3-5-7-19/h3-11,17,22H,12-16H2,1-2H3. The highest BCUT2D eigenvalue weighted by Gasteiger charge is 2.35. The second kappa shape index (κ2) is 8.78. The Hall–Kier alpha value is -1.34. The van der Waals surface area contributed by atoms with E-state index < -0.39 is 10.0 Å². The maximum atomic E-state index is 12.8. The van der Waals surface area contributed by atoms with Crippen LogP contribution in [0.3, 0.4) is 0 Å². The van der Waals surface area contributed by atoms with Crippen LogP contribution >= 0.6 is 11.8 Å². The summed E-state index contributed by atoms with van der Waals surface area (Å²) in [6, 6.07) is 17.3. The van der Waals surface area contributed by atoms with Crippen LogP contribution in [0, 0.1) is 0 Å². The molecule has 146 valence electrons. The molecule has 2 aromatic rings. The lowest BCUT2D eigenvalue weighted by atomic mass is 9.99. The highest BCUT2D eigenvalue weighted by Crippen LogP contribution is 2.40. The molecule has 0 atom stereocenters. The van der Waals surface area contributed by atoms with Gasteiger partial charge >= 0.3 is 0 Å². The molecule has 6 heteroatoms. The lowest BCUT2D eigenvalue weighted by Gasteiger charge is -2.36. The van der Waals surface area contributed by atoms with E-state index in [1.807, 2.05) is 30.3 Å². The van der Waals surface area contributed by atoms with Gasteiger partial charge in [0, 0.05) is 29.4 Å². The minimum Gasteiger partial charge on any atom is -0.381 e. The van der Waals surface area contributed by atoms with Crippen molar-refractivity contribution in [2.75, 3.05) is 19.8 Å². The predicted molar refractivity (Wildman–Crippen MR) is 111 cm³/mol. The van der Waals surface area contributed by atoms with Crippen LogP contribution in [0.1, 0.15) is 38.2 Å². The van der Waals surface area contributed by atoms with Crippen LogP contribution in [-0.2, 0) is 14.8 Å².